The Morgan fingerprint density at radius 2 is 1.94 bits per heavy atom. The van der Waals surface area contributed by atoms with Crippen molar-refractivity contribution in [3.63, 3.8) is 0 Å². The fourth-order valence-corrected chi connectivity index (χ4v) is 8.44. The minimum Gasteiger partial charge on any atom is -0.458 e. The van der Waals surface area contributed by atoms with E-state index in [-0.39, 0.29) is 24.5 Å². The second-order valence-electron chi connectivity index (χ2n) is 10.5. The molecule has 0 aromatic carbocycles. The fraction of sp³-hybridized carbons (Fsp3) is 0.708. The highest BCUT2D eigenvalue weighted by Gasteiger charge is 2.75. The molecule has 32 heavy (non-hydrogen) atoms. The van der Waals surface area contributed by atoms with Crippen molar-refractivity contribution in [3.05, 3.63) is 23.8 Å². The van der Waals surface area contributed by atoms with Gasteiger partial charge in [0.2, 0.25) is 5.78 Å². The molecule has 0 spiro atoms. The Morgan fingerprint density at radius 1 is 1.28 bits per heavy atom. The number of alkyl halides is 2. The third kappa shape index (κ3) is 2.78. The Labute approximate surface area is 195 Å². The first kappa shape index (κ1) is 23.8. The molecule has 0 unspecified atom stereocenters. The zero-order valence-corrected chi connectivity index (χ0v) is 20.3. The van der Waals surface area contributed by atoms with Crippen molar-refractivity contribution in [1.82, 2.24) is 0 Å². The molecule has 4 aliphatic carbocycles. The topological polar surface area (TPSA) is 101 Å². The summed E-state index contributed by atoms with van der Waals surface area (Å²) >= 11 is 3.83. The van der Waals surface area contributed by atoms with E-state index in [0.717, 1.165) is 0 Å². The monoisotopic (exact) mass is 512 g/mol. The number of ether oxygens (including phenoxy) is 1. The summed E-state index contributed by atoms with van der Waals surface area (Å²) in [6.07, 6.45) is 2.68. The van der Waals surface area contributed by atoms with Crippen molar-refractivity contribution in [2.24, 2.45) is 28.6 Å². The molecule has 3 saturated carbocycles. The minimum absolute atomic E-state index is 0.0754. The summed E-state index contributed by atoms with van der Waals surface area (Å²) in [7, 11) is 0. The van der Waals surface area contributed by atoms with Gasteiger partial charge in [0.1, 0.15) is 11.8 Å². The molecule has 9 atom stereocenters. The molecule has 4 rings (SSSR count). The number of hydrogen-bond donors (Lipinski definition) is 2. The van der Waals surface area contributed by atoms with Gasteiger partial charge in [-0.05, 0) is 54.7 Å². The first-order chi connectivity index (χ1) is 14.7. The summed E-state index contributed by atoms with van der Waals surface area (Å²) in [6.45, 7) is 6.04. The quantitative estimate of drug-likeness (QED) is 0.445. The van der Waals surface area contributed by atoms with Gasteiger partial charge in [-0.3, -0.25) is 14.4 Å². The van der Waals surface area contributed by atoms with E-state index in [0.29, 0.717) is 12.0 Å². The van der Waals surface area contributed by atoms with E-state index in [2.05, 4.69) is 15.9 Å². The van der Waals surface area contributed by atoms with Gasteiger partial charge < -0.3 is 14.9 Å². The number of aliphatic hydroxyl groups excluding tert-OH is 1. The summed E-state index contributed by atoms with van der Waals surface area (Å²) in [5.41, 5.74) is -3.43. The van der Waals surface area contributed by atoms with Crippen LogP contribution in [0.2, 0.25) is 0 Å². The van der Waals surface area contributed by atoms with Gasteiger partial charge >= 0.3 is 5.97 Å². The molecule has 8 heteroatoms. The Balaban J connectivity index is 1.79. The number of esters is 1. The second kappa shape index (κ2) is 7.31. The molecule has 3 fully saturated rings. The lowest BCUT2D eigenvalue weighted by Crippen LogP contribution is -2.70. The normalized spacial score (nSPS) is 49.6. The number of rotatable bonds is 3. The van der Waals surface area contributed by atoms with Crippen LogP contribution in [0.3, 0.4) is 0 Å². The van der Waals surface area contributed by atoms with Crippen molar-refractivity contribution in [1.29, 1.82) is 0 Å². The van der Waals surface area contributed by atoms with E-state index in [4.69, 9.17) is 4.74 Å². The Bertz CT molecular complexity index is 947. The Hall–Kier alpha value is -1.38. The van der Waals surface area contributed by atoms with Gasteiger partial charge in [-0.2, -0.15) is 0 Å². The molecule has 0 aromatic heterocycles. The van der Waals surface area contributed by atoms with Crippen molar-refractivity contribution >= 4 is 33.5 Å². The SMILES string of the molecule is CC(=O)OCC(=O)[C@@]1(O)[C@H](C)C[C@@H]2[C@@H]3C[C@H](F)C4=CC(=O)C=C[C@]4(C)[C@@]3(Br)[C@@H](O)C[C@@]21C. The third-order valence-electron chi connectivity index (χ3n) is 9.04. The van der Waals surface area contributed by atoms with E-state index in [9.17, 15) is 24.6 Å². The molecule has 0 bridgehead atoms. The van der Waals surface area contributed by atoms with Crippen molar-refractivity contribution < 1.29 is 33.7 Å². The number of carbonyl (C=O) groups excluding carboxylic acids is 3. The first-order valence-electron chi connectivity index (χ1n) is 11.1. The maximum absolute atomic E-state index is 15.5. The standard InChI is InChI=1S/C24H30BrFO6/c1-12-7-15-16-9-18(26)17-8-14(28)5-6-21(17,3)23(16,25)19(29)10-22(15,4)24(12,31)20(30)11-32-13(2)27/h5-6,8,12,15-16,18-19,29,31H,7,9-11H2,1-4H3/t12-,15-,16+,18+,19+,21+,22+,23+,24+/m1/s1. The number of hydrogen-bond acceptors (Lipinski definition) is 6. The molecular formula is C24H30BrFO6. The maximum atomic E-state index is 15.5. The summed E-state index contributed by atoms with van der Waals surface area (Å²) in [6, 6.07) is 0. The number of allylic oxidation sites excluding steroid dienone is 4. The van der Waals surface area contributed by atoms with Crippen molar-refractivity contribution in [3.8, 4) is 0 Å². The third-order valence-corrected chi connectivity index (χ3v) is 11.0. The van der Waals surface area contributed by atoms with Crippen LogP contribution in [0.4, 0.5) is 4.39 Å². The van der Waals surface area contributed by atoms with Gasteiger partial charge in [-0.15, -0.1) is 0 Å². The highest BCUT2D eigenvalue weighted by molar-refractivity contribution is 9.10. The molecule has 176 valence electrons. The summed E-state index contributed by atoms with van der Waals surface area (Å²) in [5.74, 6) is -2.62. The van der Waals surface area contributed by atoms with Gasteiger partial charge in [-0.25, -0.2) is 4.39 Å². The predicted octanol–water partition coefficient (Wildman–Crippen LogP) is 2.84. The lowest BCUT2D eigenvalue weighted by molar-refractivity contribution is -0.182. The molecular weight excluding hydrogens is 483 g/mol. The Morgan fingerprint density at radius 3 is 2.56 bits per heavy atom. The largest absolute Gasteiger partial charge is 0.458 e. The van der Waals surface area contributed by atoms with Gasteiger partial charge in [0.25, 0.3) is 0 Å². The van der Waals surface area contributed by atoms with Crippen LogP contribution in [0, 0.1) is 28.6 Å². The fourth-order valence-electron chi connectivity index (χ4n) is 7.41. The average Bonchev–Trinajstić information content (AvgIpc) is 2.91. The number of halogens is 2. The van der Waals surface area contributed by atoms with Gasteiger partial charge in [0.05, 0.1) is 10.4 Å². The van der Waals surface area contributed by atoms with E-state index in [1.54, 1.807) is 19.9 Å². The van der Waals surface area contributed by atoms with Crippen LogP contribution in [0.15, 0.2) is 23.8 Å². The van der Waals surface area contributed by atoms with Gasteiger partial charge in [-0.1, -0.05) is 42.8 Å². The highest BCUT2D eigenvalue weighted by atomic mass is 79.9. The molecule has 0 aliphatic heterocycles. The first-order valence-corrected chi connectivity index (χ1v) is 11.9. The molecule has 0 radical (unpaired) electrons. The number of carbonyl (C=O) groups is 3. The lowest BCUT2D eigenvalue weighted by atomic mass is 9.45. The van der Waals surface area contributed by atoms with Crippen LogP contribution in [-0.2, 0) is 19.1 Å². The number of Topliss-reactive ketones (excluding diaryl/α,β-unsaturated/α-hetero) is 1. The zero-order chi connectivity index (χ0) is 23.9. The van der Waals surface area contributed by atoms with Crippen LogP contribution in [0.25, 0.3) is 0 Å². The summed E-state index contributed by atoms with van der Waals surface area (Å²) in [4.78, 5) is 36.4. The van der Waals surface area contributed by atoms with E-state index < -0.39 is 63.2 Å². The molecule has 4 aliphatic rings. The smallest absolute Gasteiger partial charge is 0.303 e. The molecule has 2 N–H and O–H groups in total. The molecule has 0 saturated heterocycles. The predicted molar refractivity (Wildman–Crippen MR) is 118 cm³/mol. The maximum Gasteiger partial charge on any atom is 0.303 e. The number of aliphatic hydroxyl groups is 2. The van der Waals surface area contributed by atoms with Gasteiger partial charge in [0.15, 0.2) is 12.4 Å². The van der Waals surface area contributed by atoms with E-state index >= 15 is 4.39 Å². The summed E-state index contributed by atoms with van der Waals surface area (Å²) < 4.78 is 19.4. The minimum atomic E-state index is -1.82. The lowest BCUT2D eigenvalue weighted by Gasteiger charge is -2.64. The Kier molecular flexibility index (Phi) is 5.43. The van der Waals surface area contributed by atoms with Crippen molar-refractivity contribution in [2.75, 3.05) is 6.61 Å². The molecule has 0 aromatic rings. The van der Waals surface area contributed by atoms with Crippen LogP contribution in [0.5, 0.6) is 0 Å². The van der Waals surface area contributed by atoms with Gasteiger partial charge in [0, 0.05) is 17.8 Å². The second-order valence-corrected chi connectivity index (χ2v) is 11.8. The molecule has 0 amide bonds. The van der Waals surface area contributed by atoms with E-state index in [1.807, 2.05) is 6.92 Å². The van der Waals surface area contributed by atoms with Crippen LogP contribution in [-0.4, -0.2) is 56.6 Å². The molecule has 6 nitrogen and oxygen atoms in total. The van der Waals surface area contributed by atoms with Crippen LogP contribution < -0.4 is 0 Å². The van der Waals surface area contributed by atoms with E-state index in [1.165, 1.54) is 19.1 Å². The summed E-state index contributed by atoms with van der Waals surface area (Å²) in [5, 5.41) is 23.3. The van der Waals surface area contributed by atoms with Crippen LogP contribution >= 0.6 is 15.9 Å². The average molecular weight is 513 g/mol. The highest BCUT2D eigenvalue weighted by Crippen LogP contribution is 2.72. The molecule has 0 heterocycles. The number of ketones is 2. The van der Waals surface area contributed by atoms with Crippen LogP contribution in [0.1, 0.15) is 47.0 Å². The van der Waals surface area contributed by atoms with Crippen molar-refractivity contribution in [2.45, 2.75) is 69.2 Å². The number of fused-ring (bicyclic) bond motifs is 5. The zero-order valence-electron chi connectivity index (χ0n) is 18.7.